The summed E-state index contributed by atoms with van der Waals surface area (Å²) < 4.78 is 0. The monoisotopic (exact) mass is 568 g/mol. The molecule has 18 nitrogen and oxygen atoms in total. The first-order valence-electron chi connectivity index (χ1n) is 11.5. The average molecular weight is 568 g/mol. The summed E-state index contributed by atoms with van der Waals surface area (Å²) in [6.45, 7) is 0.226. The highest BCUT2D eigenvalue weighted by Gasteiger charge is 2.22. The summed E-state index contributed by atoms with van der Waals surface area (Å²) in [5.74, 6) is -3.09. The Balaban J connectivity index is 2.33. The van der Waals surface area contributed by atoms with Gasteiger partial charge in [-0.3, -0.25) is 29.4 Å². The molecule has 4 N–H and O–H groups in total. The molecule has 0 saturated heterocycles. The van der Waals surface area contributed by atoms with Gasteiger partial charge in [-0.1, -0.05) is 0 Å². The maximum Gasteiger partial charge on any atom is 0.317 e. The molecule has 2 aromatic rings. The van der Waals surface area contributed by atoms with E-state index in [1.54, 1.807) is 0 Å². The van der Waals surface area contributed by atoms with Crippen LogP contribution in [0.3, 0.4) is 0 Å². The van der Waals surface area contributed by atoms with Crippen molar-refractivity contribution in [2.75, 3.05) is 26.2 Å². The summed E-state index contributed by atoms with van der Waals surface area (Å²) >= 11 is 0. The van der Waals surface area contributed by atoms with E-state index in [4.69, 9.17) is 0 Å². The maximum absolute atomic E-state index is 11.6. The molecular weight excluding hydrogens is 540 g/mol. The first-order chi connectivity index (χ1) is 18.8. The van der Waals surface area contributed by atoms with E-state index in [0.29, 0.717) is 0 Å². The Hall–Kier alpha value is -4.84. The van der Waals surface area contributed by atoms with Crippen LogP contribution < -0.4 is 0 Å². The molecule has 218 valence electrons. The van der Waals surface area contributed by atoms with Crippen molar-refractivity contribution < 1.29 is 49.9 Å². The zero-order valence-corrected chi connectivity index (χ0v) is 21.5. The van der Waals surface area contributed by atoms with Gasteiger partial charge < -0.3 is 30.1 Å². The fraction of sp³-hybridized carbons (Fsp3) is 0.455. The highest BCUT2D eigenvalue weighted by atomic mass is 17.0. The summed E-state index contributed by atoms with van der Waals surface area (Å²) in [4.78, 5) is 63.8. The highest BCUT2D eigenvalue weighted by Crippen LogP contribution is 2.27. The Labute approximate surface area is 226 Å². The van der Waals surface area contributed by atoms with E-state index in [9.17, 15) is 50.2 Å². The summed E-state index contributed by atoms with van der Waals surface area (Å²) in [6, 6.07) is 0. The van der Waals surface area contributed by atoms with E-state index in [2.05, 4.69) is 19.6 Å². The zero-order valence-electron chi connectivity index (χ0n) is 21.5. The van der Waals surface area contributed by atoms with Crippen LogP contribution >= 0.6 is 0 Å². The Morgan fingerprint density at radius 1 is 0.800 bits per heavy atom. The first-order valence-corrected chi connectivity index (χ1v) is 11.5. The molecule has 0 spiro atoms. The van der Waals surface area contributed by atoms with Crippen LogP contribution in [0.15, 0.2) is 12.4 Å². The quantitative estimate of drug-likeness (QED) is 0.149. The predicted molar refractivity (Wildman–Crippen MR) is 131 cm³/mol. The van der Waals surface area contributed by atoms with Gasteiger partial charge in [0.15, 0.2) is 0 Å². The maximum atomic E-state index is 11.6. The lowest BCUT2D eigenvalue weighted by Crippen LogP contribution is -2.39. The van der Waals surface area contributed by atoms with Gasteiger partial charge in [-0.15, -0.1) is 20.2 Å². The summed E-state index contributed by atoms with van der Waals surface area (Å²) in [5, 5.41) is 59.2. The molecule has 0 aromatic carbocycles. The molecule has 18 heteroatoms. The number of carboxylic acid groups (broad SMARTS) is 2. The van der Waals surface area contributed by atoms with Gasteiger partial charge in [-0.05, 0) is 13.8 Å². The van der Waals surface area contributed by atoms with Crippen LogP contribution in [-0.2, 0) is 45.6 Å². The number of aliphatic carboxylic acids is 2. The van der Waals surface area contributed by atoms with Crippen LogP contribution in [0, 0.1) is 34.1 Å². The minimum Gasteiger partial charge on any atom is -0.506 e. The van der Waals surface area contributed by atoms with Crippen molar-refractivity contribution >= 4 is 11.9 Å². The number of aromatic hydroxyl groups is 2. The van der Waals surface area contributed by atoms with Crippen molar-refractivity contribution in [3.05, 3.63) is 66.3 Å². The molecule has 0 radical (unpaired) electrons. The average Bonchev–Trinajstić information content (AvgIpc) is 2.86. The van der Waals surface area contributed by atoms with Crippen LogP contribution in [0.2, 0.25) is 0 Å². The van der Waals surface area contributed by atoms with Gasteiger partial charge in [0.25, 0.3) is 10.2 Å². The smallest absolute Gasteiger partial charge is 0.317 e. The third-order valence-electron chi connectivity index (χ3n) is 5.72. The molecule has 0 aliphatic heterocycles. The van der Waals surface area contributed by atoms with Crippen molar-refractivity contribution in [3.8, 4) is 11.5 Å². The molecule has 0 unspecified atom stereocenters. The van der Waals surface area contributed by atoms with Crippen LogP contribution in [-0.4, -0.2) is 88.5 Å². The van der Waals surface area contributed by atoms with Crippen molar-refractivity contribution in [2.45, 2.75) is 40.2 Å². The number of pyridine rings is 2. The zero-order chi connectivity index (χ0) is 30.0. The lowest BCUT2D eigenvalue weighted by Gasteiger charge is -2.27. The summed E-state index contributed by atoms with van der Waals surface area (Å²) in [6.07, 6.45) is 2.51. The van der Waals surface area contributed by atoms with Crippen molar-refractivity contribution in [3.63, 3.8) is 0 Å². The lowest BCUT2D eigenvalue weighted by molar-refractivity contribution is -0.763. The highest BCUT2D eigenvalue weighted by molar-refractivity contribution is 5.69. The minimum atomic E-state index is -1.24. The molecule has 40 heavy (non-hydrogen) atoms. The largest absolute Gasteiger partial charge is 0.506 e. The number of rotatable bonds is 17. The predicted octanol–water partition coefficient (Wildman–Crippen LogP) is 0.395. The SMILES string of the molecule is Cc1ncc(CO[N+](=O)[O-])c(CN(CCN(CC(=O)O)Cc2c(CO[N+](=O)[O-])cnc(C)c2O)CC(=O)O)c1O. The molecule has 0 aliphatic rings. The fourth-order valence-electron chi connectivity index (χ4n) is 3.76. The van der Waals surface area contributed by atoms with E-state index >= 15 is 0 Å². The third-order valence-corrected chi connectivity index (χ3v) is 5.72. The number of carbonyl (C=O) groups is 2. The van der Waals surface area contributed by atoms with Gasteiger partial charge in [-0.2, -0.15) is 0 Å². The molecule has 0 saturated carbocycles. The lowest BCUT2D eigenvalue weighted by atomic mass is 10.1. The Morgan fingerprint density at radius 3 is 1.45 bits per heavy atom. The number of hydrogen-bond donors (Lipinski definition) is 4. The number of aromatic nitrogens is 2. The Bertz CT molecular complexity index is 1160. The van der Waals surface area contributed by atoms with Gasteiger partial charge in [0.1, 0.15) is 24.7 Å². The number of nitrogens with zero attached hydrogens (tertiary/aromatic N) is 6. The second kappa shape index (κ2) is 14.4. The molecule has 0 amide bonds. The second-order valence-corrected chi connectivity index (χ2v) is 8.59. The van der Waals surface area contributed by atoms with Gasteiger partial charge in [-0.25, -0.2) is 0 Å². The van der Waals surface area contributed by atoms with Crippen LogP contribution in [0.25, 0.3) is 0 Å². The van der Waals surface area contributed by atoms with Crippen LogP contribution in [0.5, 0.6) is 11.5 Å². The van der Waals surface area contributed by atoms with Gasteiger partial charge >= 0.3 is 11.9 Å². The Morgan fingerprint density at radius 2 is 1.15 bits per heavy atom. The molecule has 2 heterocycles. The summed E-state index contributed by atoms with van der Waals surface area (Å²) in [7, 11) is 0. The van der Waals surface area contributed by atoms with E-state index in [-0.39, 0.29) is 71.3 Å². The van der Waals surface area contributed by atoms with Gasteiger partial charge in [0, 0.05) is 60.8 Å². The van der Waals surface area contributed by atoms with E-state index in [0.717, 1.165) is 0 Å². The molecule has 0 bridgehead atoms. The van der Waals surface area contributed by atoms with Crippen molar-refractivity contribution in [2.24, 2.45) is 0 Å². The van der Waals surface area contributed by atoms with Crippen LogP contribution in [0.1, 0.15) is 33.6 Å². The fourth-order valence-corrected chi connectivity index (χ4v) is 3.76. The molecule has 0 atom stereocenters. The standard InChI is InChI=1S/C22H28N6O12/c1-13-21(33)17(15(5-23-13)11-39-27(35)36)7-25(9-19(29)30)3-4-26(10-20(31)32)8-18-16(12-40-28(37)38)6-24-14(2)22(18)34/h5-6,33-34H,3-4,7-12H2,1-2H3,(H,29,30)(H,31,32). The van der Waals surface area contributed by atoms with Gasteiger partial charge in [0.05, 0.1) is 24.5 Å². The molecular formula is C22H28N6O12. The van der Waals surface area contributed by atoms with E-state index in [1.165, 1.54) is 36.0 Å². The molecule has 2 aromatic heterocycles. The number of aryl methyl sites for hydroxylation is 2. The topological polar surface area (TPSA) is 252 Å². The second-order valence-electron chi connectivity index (χ2n) is 8.59. The Kier molecular flexibility index (Phi) is 11.3. The van der Waals surface area contributed by atoms with Crippen LogP contribution in [0.4, 0.5) is 0 Å². The minimum absolute atomic E-state index is 0.0680. The normalized spacial score (nSPS) is 11.0. The molecule has 2 rings (SSSR count). The summed E-state index contributed by atoms with van der Waals surface area (Å²) in [5.41, 5.74) is 0.950. The molecule has 0 aliphatic carbocycles. The molecule has 0 fully saturated rings. The van der Waals surface area contributed by atoms with Crippen molar-refractivity contribution in [1.29, 1.82) is 0 Å². The van der Waals surface area contributed by atoms with E-state index in [1.807, 2.05) is 0 Å². The third kappa shape index (κ3) is 9.48. The van der Waals surface area contributed by atoms with Crippen molar-refractivity contribution in [1.82, 2.24) is 19.8 Å². The first kappa shape index (κ1) is 31.4. The van der Waals surface area contributed by atoms with Gasteiger partial charge in [0.2, 0.25) is 0 Å². The van der Waals surface area contributed by atoms with E-state index < -0.39 is 48.4 Å². The number of hydrogen-bond acceptors (Lipinski definition) is 14. The number of carboxylic acids is 2.